The van der Waals surface area contributed by atoms with Gasteiger partial charge < -0.3 is 4.90 Å². The number of carbonyl (C=O) groups excluding carboxylic acids is 2. The molecule has 2 aliphatic rings. The van der Waals surface area contributed by atoms with Crippen molar-refractivity contribution in [3.8, 4) is 0 Å². The van der Waals surface area contributed by atoms with Crippen molar-refractivity contribution < 1.29 is 9.59 Å². The number of hydrogen-bond donors (Lipinski definition) is 0. The molecule has 1 aromatic rings. The van der Waals surface area contributed by atoms with Crippen LogP contribution < -0.4 is 0 Å². The number of piperidine rings is 1. The first-order valence-electron chi connectivity index (χ1n) is 7.75. The number of hydrogen-bond acceptors (Lipinski definition) is 2. The number of carbonyl (C=O) groups is 2. The molecule has 1 amide bonds. The van der Waals surface area contributed by atoms with E-state index >= 15 is 0 Å². The second-order valence-corrected chi connectivity index (χ2v) is 7.23. The second-order valence-electron chi connectivity index (χ2n) is 6.41. The maximum absolute atomic E-state index is 12.5. The Kier molecular flexibility index (Phi) is 4.47. The van der Waals surface area contributed by atoms with Crippen LogP contribution in [-0.2, 0) is 4.79 Å². The summed E-state index contributed by atoms with van der Waals surface area (Å²) >= 11 is 11.9. The molecule has 1 aromatic carbocycles. The van der Waals surface area contributed by atoms with E-state index in [0.29, 0.717) is 34.6 Å². The van der Waals surface area contributed by atoms with E-state index in [9.17, 15) is 9.59 Å². The van der Waals surface area contributed by atoms with Crippen LogP contribution in [0.1, 0.15) is 36.5 Å². The predicted molar refractivity (Wildman–Crippen MR) is 87.4 cm³/mol. The highest BCUT2D eigenvalue weighted by molar-refractivity contribution is 6.42. The topological polar surface area (TPSA) is 37.4 Å². The number of benzene rings is 1. The molecule has 1 saturated carbocycles. The van der Waals surface area contributed by atoms with Crippen molar-refractivity contribution in [3.05, 3.63) is 33.8 Å². The molecular weight excluding hydrogens is 321 g/mol. The van der Waals surface area contributed by atoms with Crippen LogP contribution in [0.3, 0.4) is 0 Å². The van der Waals surface area contributed by atoms with Crippen LogP contribution in [0.4, 0.5) is 0 Å². The molecule has 0 bridgehead atoms. The number of halogens is 2. The third-order valence-corrected chi connectivity index (χ3v) is 5.55. The monoisotopic (exact) mass is 339 g/mol. The molecule has 22 heavy (non-hydrogen) atoms. The van der Waals surface area contributed by atoms with Gasteiger partial charge >= 0.3 is 0 Å². The van der Waals surface area contributed by atoms with Gasteiger partial charge in [0.05, 0.1) is 10.0 Å². The molecule has 5 heteroatoms. The average Bonchev–Trinajstić information content (AvgIpc) is 3.25. The molecule has 0 spiro atoms. The van der Waals surface area contributed by atoms with E-state index in [1.54, 1.807) is 18.2 Å². The third kappa shape index (κ3) is 3.16. The molecule has 0 unspecified atom stereocenters. The lowest BCUT2D eigenvalue weighted by Crippen LogP contribution is -2.41. The van der Waals surface area contributed by atoms with Crippen LogP contribution in [0, 0.1) is 17.8 Å². The molecule has 1 aliphatic carbocycles. The molecular formula is C17H19Cl2NO2. The zero-order valence-corrected chi connectivity index (χ0v) is 14.0. The van der Waals surface area contributed by atoms with E-state index in [0.717, 1.165) is 19.3 Å². The van der Waals surface area contributed by atoms with Gasteiger partial charge in [-0.25, -0.2) is 0 Å². The van der Waals surface area contributed by atoms with Gasteiger partial charge in [0.1, 0.15) is 0 Å². The van der Waals surface area contributed by atoms with Crippen molar-refractivity contribution in [2.24, 2.45) is 17.8 Å². The minimum Gasteiger partial charge on any atom is -0.342 e. The lowest BCUT2D eigenvalue weighted by atomic mass is 9.88. The molecule has 2 fully saturated rings. The van der Waals surface area contributed by atoms with Crippen molar-refractivity contribution in [1.29, 1.82) is 0 Å². The van der Waals surface area contributed by atoms with Crippen LogP contribution in [0.25, 0.3) is 0 Å². The first-order valence-corrected chi connectivity index (χ1v) is 8.51. The summed E-state index contributed by atoms with van der Waals surface area (Å²) in [5.74, 6) is 1.10. The Morgan fingerprint density at radius 3 is 2.32 bits per heavy atom. The van der Waals surface area contributed by atoms with Gasteiger partial charge in [0.15, 0.2) is 5.78 Å². The summed E-state index contributed by atoms with van der Waals surface area (Å²) in [6.45, 7) is 3.47. The van der Waals surface area contributed by atoms with Crippen molar-refractivity contribution >= 4 is 34.9 Å². The fraction of sp³-hybridized carbons (Fsp3) is 0.529. The molecule has 0 N–H and O–H groups in total. The fourth-order valence-corrected chi connectivity index (χ4v) is 3.45. The lowest BCUT2D eigenvalue weighted by molar-refractivity contribution is -0.134. The SMILES string of the molecule is C[C@H]1C[C@H]1C(=O)N1CCC(C(=O)c2ccc(Cl)c(Cl)c2)CC1. The molecule has 3 rings (SSSR count). The molecule has 2 atom stereocenters. The summed E-state index contributed by atoms with van der Waals surface area (Å²) in [7, 11) is 0. The largest absolute Gasteiger partial charge is 0.342 e. The number of Topliss-reactive ketones (excluding diaryl/α,β-unsaturated/α-hetero) is 1. The van der Waals surface area contributed by atoms with Crippen molar-refractivity contribution in [2.45, 2.75) is 26.2 Å². The highest BCUT2D eigenvalue weighted by atomic mass is 35.5. The minimum atomic E-state index is -0.0297. The van der Waals surface area contributed by atoms with E-state index in [4.69, 9.17) is 23.2 Å². The van der Waals surface area contributed by atoms with Crippen LogP contribution in [-0.4, -0.2) is 29.7 Å². The molecule has 1 heterocycles. The average molecular weight is 340 g/mol. The van der Waals surface area contributed by atoms with Crippen LogP contribution in [0.5, 0.6) is 0 Å². The van der Waals surface area contributed by atoms with Crippen molar-refractivity contribution in [2.75, 3.05) is 13.1 Å². The zero-order valence-electron chi connectivity index (χ0n) is 12.5. The highest BCUT2D eigenvalue weighted by Crippen LogP contribution is 2.40. The summed E-state index contributed by atoms with van der Waals surface area (Å²) < 4.78 is 0. The van der Waals surface area contributed by atoms with Crippen LogP contribution in [0.15, 0.2) is 18.2 Å². The van der Waals surface area contributed by atoms with Crippen LogP contribution >= 0.6 is 23.2 Å². The molecule has 0 radical (unpaired) electrons. The van der Waals surface area contributed by atoms with Crippen molar-refractivity contribution in [3.63, 3.8) is 0 Å². The number of ketones is 1. The van der Waals surface area contributed by atoms with E-state index in [1.165, 1.54) is 0 Å². The van der Waals surface area contributed by atoms with Gasteiger partial charge in [-0.05, 0) is 43.4 Å². The Morgan fingerprint density at radius 1 is 1.14 bits per heavy atom. The highest BCUT2D eigenvalue weighted by Gasteiger charge is 2.42. The Hall–Kier alpha value is -1.06. The van der Waals surface area contributed by atoms with Gasteiger partial charge in [-0.1, -0.05) is 30.1 Å². The Balaban J connectivity index is 1.59. The standard InChI is InChI=1S/C17H19Cl2NO2/c1-10-8-13(10)17(22)20-6-4-11(5-7-20)16(21)12-2-3-14(18)15(19)9-12/h2-3,9-11,13H,4-8H2,1H3/t10-,13+/m0/s1. The number of nitrogens with zero attached hydrogens (tertiary/aromatic N) is 1. The van der Waals surface area contributed by atoms with E-state index in [2.05, 4.69) is 6.92 Å². The third-order valence-electron chi connectivity index (χ3n) is 4.81. The fourth-order valence-electron chi connectivity index (χ4n) is 3.15. The Labute approximate surface area is 140 Å². The van der Waals surface area contributed by atoms with Gasteiger partial charge in [-0.2, -0.15) is 0 Å². The van der Waals surface area contributed by atoms with Gasteiger partial charge in [0, 0.05) is 30.5 Å². The van der Waals surface area contributed by atoms with Gasteiger partial charge in [0.25, 0.3) is 0 Å². The normalized spacial score (nSPS) is 25.1. The lowest BCUT2D eigenvalue weighted by Gasteiger charge is -2.31. The molecule has 3 nitrogen and oxygen atoms in total. The van der Waals surface area contributed by atoms with E-state index in [-0.39, 0.29) is 23.5 Å². The molecule has 0 aromatic heterocycles. The molecule has 118 valence electrons. The number of rotatable bonds is 3. The van der Waals surface area contributed by atoms with Gasteiger partial charge in [-0.15, -0.1) is 0 Å². The maximum atomic E-state index is 12.5. The minimum absolute atomic E-state index is 0.0297. The summed E-state index contributed by atoms with van der Waals surface area (Å²) in [6.07, 6.45) is 2.47. The summed E-state index contributed by atoms with van der Waals surface area (Å²) in [6, 6.07) is 5.01. The van der Waals surface area contributed by atoms with E-state index in [1.807, 2.05) is 4.90 Å². The van der Waals surface area contributed by atoms with Gasteiger partial charge in [0.2, 0.25) is 5.91 Å². The number of likely N-dealkylation sites (tertiary alicyclic amines) is 1. The summed E-state index contributed by atoms with van der Waals surface area (Å²) in [5.41, 5.74) is 0.606. The second kappa shape index (κ2) is 6.21. The van der Waals surface area contributed by atoms with E-state index < -0.39 is 0 Å². The predicted octanol–water partition coefficient (Wildman–Crippen LogP) is 4.07. The first kappa shape index (κ1) is 15.8. The number of amides is 1. The zero-order chi connectivity index (χ0) is 15.9. The Bertz CT molecular complexity index is 609. The quantitative estimate of drug-likeness (QED) is 0.778. The Morgan fingerprint density at radius 2 is 1.77 bits per heavy atom. The maximum Gasteiger partial charge on any atom is 0.225 e. The summed E-state index contributed by atoms with van der Waals surface area (Å²) in [5, 5.41) is 0.861. The molecule has 1 aliphatic heterocycles. The van der Waals surface area contributed by atoms with Crippen molar-refractivity contribution in [1.82, 2.24) is 4.90 Å². The molecule has 1 saturated heterocycles. The summed E-state index contributed by atoms with van der Waals surface area (Å²) in [4.78, 5) is 26.7. The smallest absolute Gasteiger partial charge is 0.225 e. The van der Waals surface area contributed by atoms with Gasteiger partial charge in [-0.3, -0.25) is 9.59 Å². The van der Waals surface area contributed by atoms with Crippen LogP contribution in [0.2, 0.25) is 10.0 Å². The first-order chi connectivity index (χ1) is 10.5.